The third-order valence-electron chi connectivity index (χ3n) is 2.85. The zero-order valence-electron chi connectivity index (χ0n) is 11.5. The molecule has 0 spiro atoms. The second-order valence-corrected chi connectivity index (χ2v) is 4.44. The van der Waals surface area contributed by atoms with Gasteiger partial charge in [-0.25, -0.2) is 0 Å². The molecule has 0 aromatic heterocycles. The lowest BCUT2D eigenvalue weighted by Gasteiger charge is -2.13. The predicted molar refractivity (Wildman–Crippen MR) is 74.1 cm³/mol. The largest absolute Gasteiger partial charge is 0.495 e. The zero-order valence-corrected chi connectivity index (χ0v) is 11.5. The fraction of sp³-hybridized carbons (Fsp3) is 0.500. The van der Waals surface area contributed by atoms with Gasteiger partial charge >= 0.3 is 0 Å². The SMILES string of the molecule is CCC(C)NCC(=O)Nc1cc(C)ccc1OC. The van der Waals surface area contributed by atoms with E-state index in [-0.39, 0.29) is 5.91 Å². The first kappa shape index (κ1) is 14.5. The zero-order chi connectivity index (χ0) is 13.5. The Morgan fingerprint density at radius 2 is 2.17 bits per heavy atom. The Hall–Kier alpha value is -1.55. The van der Waals surface area contributed by atoms with Gasteiger partial charge in [0.1, 0.15) is 5.75 Å². The Kier molecular flexibility index (Phi) is 5.65. The summed E-state index contributed by atoms with van der Waals surface area (Å²) in [5, 5.41) is 6.01. The smallest absolute Gasteiger partial charge is 0.238 e. The molecule has 1 rings (SSSR count). The van der Waals surface area contributed by atoms with E-state index < -0.39 is 0 Å². The number of benzene rings is 1. The molecule has 4 heteroatoms. The Morgan fingerprint density at radius 1 is 1.44 bits per heavy atom. The number of methoxy groups -OCH3 is 1. The van der Waals surface area contributed by atoms with Crippen molar-refractivity contribution >= 4 is 11.6 Å². The van der Waals surface area contributed by atoms with Crippen LogP contribution in [0.4, 0.5) is 5.69 Å². The van der Waals surface area contributed by atoms with Crippen molar-refractivity contribution in [3.8, 4) is 5.75 Å². The maximum atomic E-state index is 11.8. The summed E-state index contributed by atoms with van der Waals surface area (Å²) in [5.74, 6) is 0.622. The van der Waals surface area contributed by atoms with Gasteiger partial charge < -0.3 is 15.4 Å². The minimum atomic E-state index is -0.0563. The molecule has 0 aliphatic carbocycles. The third-order valence-corrected chi connectivity index (χ3v) is 2.85. The summed E-state index contributed by atoms with van der Waals surface area (Å²) in [4.78, 5) is 11.8. The number of carbonyl (C=O) groups excluding carboxylic acids is 1. The van der Waals surface area contributed by atoms with Crippen LogP contribution < -0.4 is 15.4 Å². The van der Waals surface area contributed by atoms with Crippen molar-refractivity contribution in [2.24, 2.45) is 0 Å². The number of hydrogen-bond acceptors (Lipinski definition) is 3. The normalized spacial score (nSPS) is 12.0. The third kappa shape index (κ3) is 4.37. The summed E-state index contributed by atoms with van der Waals surface area (Å²) < 4.78 is 5.21. The van der Waals surface area contributed by atoms with Crippen LogP contribution in [0.2, 0.25) is 0 Å². The van der Waals surface area contributed by atoms with E-state index in [0.717, 1.165) is 12.0 Å². The number of ether oxygens (including phenoxy) is 1. The van der Waals surface area contributed by atoms with Gasteiger partial charge in [0.05, 0.1) is 19.3 Å². The van der Waals surface area contributed by atoms with Gasteiger partial charge in [-0.2, -0.15) is 0 Å². The van der Waals surface area contributed by atoms with Crippen LogP contribution in [0.15, 0.2) is 18.2 Å². The van der Waals surface area contributed by atoms with E-state index in [1.807, 2.05) is 25.1 Å². The second-order valence-electron chi connectivity index (χ2n) is 4.44. The molecular formula is C14H22N2O2. The van der Waals surface area contributed by atoms with E-state index in [9.17, 15) is 4.79 Å². The van der Waals surface area contributed by atoms with Gasteiger partial charge in [0, 0.05) is 6.04 Å². The van der Waals surface area contributed by atoms with Crippen molar-refractivity contribution in [1.82, 2.24) is 5.32 Å². The van der Waals surface area contributed by atoms with Gasteiger partial charge in [-0.15, -0.1) is 0 Å². The van der Waals surface area contributed by atoms with Crippen molar-refractivity contribution < 1.29 is 9.53 Å². The average Bonchev–Trinajstić information content (AvgIpc) is 2.36. The topological polar surface area (TPSA) is 50.4 Å². The van der Waals surface area contributed by atoms with Crippen molar-refractivity contribution in [3.05, 3.63) is 23.8 Å². The van der Waals surface area contributed by atoms with Gasteiger partial charge in [-0.3, -0.25) is 4.79 Å². The van der Waals surface area contributed by atoms with E-state index in [1.54, 1.807) is 7.11 Å². The van der Waals surface area contributed by atoms with Crippen LogP contribution in [0.1, 0.15) is 25.8 Å². The van der Waals surface area contributed by atoms with Crippen LogP contribution in [-0.4, -0.2) is 25.6 Å². The standard InChI is InChI=1S/C14H22N2O2/c1-5-11(3)15-9-14(17)16-12-8-10(2)6-7-13(12)18-4/h6-8,11,15H,5,9H2,1-4H3,(H,16,17). The van der Waals surface area contributed by atoms with Crippen LogP contribution >= 0.6 is 0 Å². The summed E-state index contributed by atoms with van der Waals surface area (Å²) in [6, 6.07) is 6.05. The number of carbonyl (C=O) groups is 1. The maximum absolute atomic E-state index is 11.8. The molecule has 0 bridgehead atoms. The monoisotopic (exact) mass is 250 g/mol. The van der Waals surface area contributed by atoms with Crippen LogP contribution in [0.3, 0.4) is 0 Å². The molecule has 0 saturated heterocycles. The summed E-state index contributed by atoms with van der Waals surface area (Å²) >= 11 is 0. The fourth-order valence-electron chi connectivity index (χ4n) is 1.53. The van der Waals surface area contributed by atoms with Crippen LogP contribution in [0, 0.1) is 6.92 Å². The Labute approximate surface area is 109 Å². The first-order chi connectivity index (χ1) is 8.56. The van der Waals surface area contributed by atoms with Gasteiger partial charge in [0.2, 0.25) is 5.91 Å². The molecule has 1 atom stereocenters. The molecule has 0 fully saturated rings. The number of aryl methyl sites for hydroxylation is 1. The highest BCUT2D eigenvalue weighted by atomic mass is 16.5. The molecular weight excluding hydrogens is 228 g/mol. The van der Waals surface area contributed by atoms with E-state index >= 15 is 0 Å². The molecule has 1 aromatic carbocycles. The quantitative estimate of drug-likeness (QED) is 0.814. The minimum absolute atomic E-state index is 0.0563. The molecule has 0 aliphatic rings. The molecule has 18 heavy (non-hydrogen) atoms. The predicted octanol–water partition coefficient (Wildman–Crippen LogP) is 2.33. The van der Waals surface area contributed by atoms with Gasteiger partial charge in [0.25, 0.3) is 0 Å². The van der Waals surface area contributed by atoms with Crippen molar-refractivity contribution in [1.29, 1.82) is 0 Å². The lowest BCUT2D eigenvalue weighted by atomic mass is 10.2. The fourth-order valence-corrected chi connectivity index (χ4v) is 1.53. The molecule has 0 saturated carbocycles. The van der Waals surface area contributed by atoms with Crippen molar-refractivity contribution in [2.45, 2.75) is 33.2 Å². The van der Waals surface area contributed by atoms with E-state index in [2.05, 4.69) is 24.5 Å². The summed E-state index contributed by atoms with van der Waals surface area (Å²) in [6.45, 7) is 6.43. The van der Waals surface area contributed by atoms with Gasteiger partial charge in [0.15, 0.2) is 0 Å². The van der Waals surface area contributed by atoms with Gasteiger partial charge in [-0.05, 0) is 38.0 Å². The molecule has 1 unspecified atom stereocenters. The highest BCUT2D eigenvalue weighted by Crippen LogP contribution is 2.24. The summed E-state index contributed by atoms with van der Waals surface area (Å²) in [5.41, 5.74) is 1.80. The van der Waals surface area contributed by atoms with E-state index in [4.69, 9.17) is 4.74 Å². The van der Waals surface area contributed by atoms with Crippen LogP contribution in [0.25, 0.3) is 0 Å². The Balaban J connectivity index is 2.61. The molecule has 0 aliphatic heterocycles. The lowest BCUT2D eigenvalue weighted by molar-refractivity contribution is -0.115. The van der Waals surface area contributed by atoms with Crippen LogP contribution in [0.5, 0.6) is 5.75 Å². The Bertz CT molecular complexity index is 405. The first-order valence-electron chi connectivity index (χ1n) is 6.24. The van der Waals surface area contributed by atoms with Crippen molar-refractivity contribution in [3.63, 3.8) is 0 Å². The highest BCUT2D eigenvalue weighted by molar-refractivity contribution is 5.93. The molecule has 0 radical (unpaired) electrons. The highest BCUT2D eigenvalue weighted by Gasteiger charge is 2.08. The number of hydrogen-bond donors (Lipinski definition) is 2. The summed E-state index contributed by atoms with van der Waals surface area (Å²) in [7, 11) is 1.59. The second kappa shape index (κ2) is 7.01. The number of nitrogens with one attached hydrogen (secondary N) is 2. The minimum Gasteiger partial charge on any atom is -0.495 e. The summed E-state index contributed by atoms with van der Waals surface area (Å²) in [6.07, 6.45) is 1.00. The maximum Gasteiger partial charge on any atom is 0.238 e. The molecule has 0 heterocycles. The number of anilines is 1. The molecule has 4 nitrogen and oxygen atoms in total. The Morgan fingerprint density at radius 3 is 2.78 bits per heavy atom. The number of amides is 1. The molecule has 2 N–H and O–H groups in total. The lowest BCUT2D eigenvalue weighted by Crippen LogP contribution is -2.34. The van der Waals surface area contributed by atoms with Crippen LogP contribution in [-0.2, 0) is 4.79 Å². The van der Waals surface area contributed by atoms with E-state index in [0.29, 0.717) is 24.0 Å². The van der Waals surface area contributed by atoms with Gasteiger partial charge in [-0.1, -0.05) is 13.0 Å². The van der Waals surface area contributed by atoms with E-state index in [1.165, 1.54) is 0 Å². The first-order valence-corrected chi connectivity index (χ1v) is 6.24. The molecule has 1 amide bonds. The number of rotatable bonds is 6. The van der Waals surface area contributed by atoms with Crippen molar-refractivity contribution in [2.75, 3.05) is 19.0 Å². The average molecular weight is 250 g/mol. The molecule has 100 valence electrons. The molecule has 1 aromatic rings.